The van der Waals surface area contributed by atoms with Crippen molar-refractivity contribution < 1.29 is 15.0 Å². The molecule has 27 heavy (non-hydrogen) atoms. The van der Waals surface area contributed by atoms with Gasteiger partial charge in [0.1, 0.15) is 5.60 Å². The maximum atomic E-state index is 12.7. The van der Waals surface area contributed by atoms with Crippen molar-refractivity contribution in [1.29, 1.82) is 0 Å². The van der Waals surface area contributed by atoms with Gasteiger partial charge in [-0.3, -0.25) is 9.69 Å². The number of amides is 1. The van der Waals surface area contributed by atoms with Crippen LogP contribution in [0.15, 0.2) is 30.3 Å². The van der Waals surface area contributed by atoms with Crippen LogP contribution in [-0.4, -0.2) is 69.8 Å². The number of piperidine rings is 1. The van der Waals surface area contributed by atoms with Crippen molar-refractivity contribution in [3.8, 4) is 0 Å². The monoisotopic (exact) mass is 374 g/mol. The zero-order chi connectivity index (χ0) is 19.3. The van der Waals surface area contributed by atoms with Crippen molar-refractivity contribution in [3.63, 3.8) is 0 Å². The first-order valence-corrected chi connectivity index (χ1v) is 10.5. The average molecular weight is 375 g/mol. The van der Waals surface area contributed by atoms with Gasteiger partial charge in [0.15, 0.2) is 0 Å². The molecule has 1 saturated heterocycles. The number of carbonyl (C=O) groups excluding carboxylic acids is 1. The van der Waals surface area contributed by atoms with E-state index in [0.29, 0.717) is 32.0 Å². The van der Waals surface area contributed by atoms with Crippen LogP contribution in [0.2, 0.25) is 0 Å². The molecule has 1 aromatic carbocycles. The lowest BCUT2D eigenvalue weighted by Crippen LogP contribution is -2.63. The minimum absolute atomic E-state index is 0.0206. The van der Waals surface area contributed by atoms with Gasteiger partial charge in [-0.1, -0.05) is 56.5 Å². The van der Waals surface area contributed by atoms with Crippen LogP contribution < -0.4 is 0 Å². The Hall–Kier alpha value is -1.43. The number of likely N-dealkylation sites (N-methyl/N-ethyl adjacent to an activating group) is 1. The summed E-state index contributed by atoms with van der Waals surface area (Å²) in [7, 11) is 0. The first-order chi connectivity index (χ1) is 13.0. The van der Waals surface area contributed by atoms with Gasteiger partial charge in [0.25, 0.3) is 0 Å². The number of carbonyl (C=O) groups is 1. The molecule has 1 saturated carbocycles. The third kappa shape index (κ3) is 5.09. The third-order valence-corrected chi connectivity index (χ3v) is 6.28. The molecule has 1 heterocycles. The number of aliphatic hydroxyl groups is 2. The van der Waals surface area contributed by atoms with E-state index in [1.807, 2.05) is 30.3 Å². The van der Waals surface area contributed by atoms with E-state index in [4.69, 9.17) is 0 Å². The maximum absolute atomic E-state index is 12.7. The number of β-amino-alcohol motifs (C(OH)–C–C–N with tert-alkyl or cyclic N) is 1. The van der Waals surface area contributed by atoms with Crippen LogP contribution in [0.5, 0.6) is 0 Å². The average Bonchev–Trinajstić information content (AvgIpc) is 2.70. The summed E-state index contributed by atoms with van der Waals surface area (Å²) in [5.74, 6) is 0.0206. The second-order valence-electron chi connectivity index (χ2n) is 8.24. The lowest BCUT2D eigenvalue weighted by molar-refractivity contribution is -0.157. The first kappa shape index (κ1) is 20.3. The Morgan fingerprint density at radius 1 is 1.19 bits per heavy atom. The molecule has 1 amide bonds. The normalized spacial score (nSPS) is 27.1. The number of aliphatic hydroxyl groups excluding tert-OH is 1. The van der Waals surface area contributed by atoms with Gasteiger partial charge in [0.2, 0.25) is 5.91 Å². The Bertz CT molecular complexity index is 603. The molecule has 1 aromatic rings. The van der Waals surface area contributed by atoms with Crippen LogP contribution in [0.25, 0.3) is 0 Å². The largest absolute Gasteiger partial charge is 0.390 e. The van der Waals surface area contributed by atoms with Gasteiger partial charge in [0.05, 0.1) is 19.1 Å². The molecule has 150 valence electrons. The van der Waals surface area contributed by atoms with Crippen LogP contribution in [0.1, 0.15) is 51.0 Å². The van der Waals surface area contributed by atoms with Crippen molar-refractivity contribution in [2.75, 3.05) is 26.2 Å². The molecule has 0 aromatic heterocycles. The number of likely N-dealkylation sites (tertiary alicyclic amines) is 1. The van der Waals surface area contributed by atoms with Gasteiger partial charge in [-0.2, -0.15) is 0 Å². The van der Waals surface area contributed by atoms with Crippen molar-refractivity contribution in [3.05, 3.63) is 35.9 Å². The van der Waals surface area contributed by atoms with Crippen LogP contribution >= 0.6 is 0 Å². The van der Waals surface area contributed by atoms with Gasteiger partial charge in [-0.25, -0.2) is 0 Å². The van der Waals surface area contributed by atoms with Gasteiger partial charge in [-0.15, -0.1) is 0 Å². The minimum Gasteiger partial charge on any atom is -0.390 e. The zero-order valence-electron chi connectivity index (χ0n) is 16.5. The molecule has 0 radical (unpaired) electrons. The molecule has 0 bridgehead atoms. The highest BCUT2D eigenvalue weighted by molar-refractivity contribution is 5.79. The van der Waals surface area contributed by atoms with E-state index in [1.54, 1.807) is 4.90 Å². The van der Waals surface area contributed by atoms with Crippen molar-refractivity contribution in [2.45, 2.75) is 69.6 Å². The smallest absolute Gasteiger partial charge is 0.227 e. The Kier molecular flexibility index (Phi) is 6.90. The molecule has 1 aliphatic carbocycles. The Morgan fingerprint density at radius 2 is 1.89 bits per heavy atom. The van der Waals surface area contributed by atoms with Crippen LogP contribution in [0.3, 0.4) is 0 Å². The first-order valence-electron chi connectivity index (χ1n) is 10.5. The van der Waals surface area contributed by atoms with Crippen LogP contribution in [-0.2, 0) is 11.2 Å². The predicted molar refractivity (Wildman–Crippen MR) is 106 cm³/mol. The number of benzene rings is 1. The van der Waals surface area contributed by atoms with E-state index >= 15 is 0 Å². The molecule has 0 spiro atoms. The summed E-state index contributed by atoms with van der Waals surface area (Å²) >= 11 is 0. The highest BCUT2D eigenvalue weighted by Gasteiger charge is 2.44. The van der Waals surface area contributed by atoms with Gasteiger partial charge in [0, 0.05) is 19.1 Å². The summed E-state index contributed by atoms with van der Waals surface area (Å²) < 4.78 is 0. The molecule has 2 atom stereocenters. The fraction of sp³-hybridized carbons (Fsp3) is 0.682. The van der Waals surface area contributed by atoms with E-state index in [-0.39, 0.29) is 12.5 Å². The Balaban J connectivity index is 1.64. The lowest BCUT2D eigenvalue weighted by Gasteiger charge is -2.46. The molecule has 2 N–H and O–H groups in total. The summed E-state index contributed by atoms with van der Waals surface area (Å²) in [5, 5.41) is 21.8. The quantitative estimate of drug-likeness (QED) is 0.801. The number of hydrogen-bond acceptors (Lipinski definition) is 4. The molecule has 5 nitrogen and oxygen atoms in total. The highest BCUT2D eigenvalue weighted by Crippen LogP contribution is 2.28. The van der Waals surface area contributed by atoms with Gasteiger partial charge >= 0.3 is 0 Å². The summed E-state index contributed by atoms with van der Waals surface area (Å²) in [5.41, 5.74) is -0.271. The zero-order valence-corrected chi connectivity index (χ0v) is 16.5. The number of rotatable bonds is 6. The van der Waals surface area contributed by atoms with Gasteiger partial charge < -0.3 is 15.1 Å². The summed E-state index contributed by atoms with van der Waals surface area (Å²) in [6.45, 7) is 4.13. The third-order valence-electron chi connectivity index (χ3n) is 6.28. The van der Waals surface area contributed by atoms with Gasteiger partial charge in [-0.05, 0) is 31.4 Å². The van der Waals surface area contributed by atoms with Crippen molar-refractivity contribution >= 4 is 5.91 Å². The second kappa shape index (κ2) is 9.18. The molecule has 3 rings (SSSR count). The molecular weight excluding hydrogens is 340 g/mol. The predicted octanol–water partition coefficient (Wildman–Crippen LogP) is 2.21. The number of nitrogens with zero attached hydrogens (tertiary/aromatic N) is 2. The van der Waals surface area contributed by atoms with E-state index in [0.717, 1.165) is 24.9 Å². The fourth-order valence-electron chi connectivity index (χ4n) is 4.61. The Morgan fingerprint density at radius 3 is 2.56 bits per heavy atom. The molecular formula is C22H34N2O3. The van der Waals surface area contributed by atoms with E-state index in [9.17, 15) is 15.0 Å². The minimum atomic E-state index is -1.25. The standard InChI is InChI=1S/C22H34N2O3/c1-2-23(19-11-7-4-8-12-19)16-22(27)17-24(14-13-20(22)25)21(26)15-18-9-5-3-6-10-18/h3,5-6,9-10,19-20,25,27H,2,4,7-8,11-17H2,1H3/t20-,22+/m0/s1. The number of hydrogen-bond donors (Lipinski definition) is 2. The van der Waals surface area contributed by atoms with E-state index < -0.39 is 11.7 Å². The second-order valence-corrected chi connectivity index (χ2v) is 8.24. The Labute approximate surface area is 163 Å². The highest BCUT2D eigenvalue weighted by atomic mass is 16.3. The maximum Gasteiger partial charge on any atom is 0.227 e. The molecule has 1 aliphatic heterocycles. The molecule has 0 unspecified atom stereocenters. The summed E-state index contributed by atoms with van der Waals surface area (Å²) in [4.78, 5) is 16.8. The van der Waals surface area contributed by atoms with E-state index in [1.165, 1.54) is 19.3 Å². The van der Waals surface area contributed by atoms with Crippen LogP contribution in [0, 0.1) is 0 Å². The van der Waals surface area contributed by atoms with Crippen molar-refractivity contribution in [2.24, 2.45) is 0 Å². The fourth-order valence-corrected chi connectivity index (χ4v) is 4.61. The molecule has 5 heteroatoms. The SMILES string of the molecule is CCN(C[C@@]1(O)CN(C(=O)Cc2ccccc2)CC[C@@H]1O)C1CCCCC1. The lowest BCUT2D eigenvalue weighted by atomic mass is 9.86. The van der Waals surface area contributed by atoms with Crippen LogP contribution in [0.4, 0.5) is 0 Å². The summed E-state index contributed by atoms with van der Waals surface area (Å²) in [6.07, 6.45) is 6.09. The topological polar surface area (TPSA) is 64.0 Å². The van der Waals surface area contributed by atoms with E-state index in [2.05, 4.69) is 11.8 Å². The molecule has 2 aliphatic rings. The van der Waals surface area contributed by atoms with Crippen molar-refractivity contribution in [1.82, 2.24) is 9.80 Å². The summed E-state index contributed by atoms with van der Waals surface area (Å²) in [6, 6.07) is 10.2. The molecule has 2 fully saturated rings.